The Balaban J connectivity index is 2.14. The normalized spacial score (nSPS) is 17.4. The van der Waals surface area contributed by atoms with E-state index in [0.717, 1.165) is 0 Å². The fourth-order valence-electron chi connectivity index (χ4n) is 1.98. The van der Waals surface area contributed by atoms with E-state index in [1.165, 1.54) is 24.0 Å². The molecule has 3 nitrogen and oxygen atoms in total. The monoisotopic (exact) mass is 220 g/mol. The van der Waals surface area contributed by atoms with Gasteiger partial charge in [0.25, 0.3) is 0 Å². The van der Waals surface area contributed by atoms with Crippen molar-refractivity contribution in [2.75, 3.05) is 13.7 Å². The van der Waals surface area contributed by atoms with Gasteiger partial charge in [0.2, 0.25) is 0 Å². The third-order valence-corrected chi connectivity index (χ3v) is 2.98. The topological polar surface area (TPSA) is 47.3 Å². The summed E-state index contributed by atoms with van der Waals surface area (Å²) in [6.07, 6.45) is 2.56. The highest BCUT2D eigenvalue weighted by Gasteiger charge is 2.25. The molecule has 0 aromatic heterocycles. The molecule has 3 N–H and O–H groups in total. The molecule has 1 aromatic rings. The number of nitrogens with two attached hydrogens (primary N) is 1. The van der Waals surface area contributed by atoms with Gasteiger partial charge in [0.05, 0.1) is 6.61 Å². The van der Waals surface area contributed by atoms with Gasteiger partial charge in [-0.3, -0.25) is 0 Å². The summed E-state index contributed by atoms with van der Waals surface area (Å²) in [6, 6.07) is 9.29. The average molecular weight is 220 g/mol. The smallest absolute Gasteiger partial charge is 0.0716 e. The number of hydrogen-bond donors (Lipinski definition) is 2. The predicted molar refractivity (Wildman–Crippen MR) is 65.1 cm³/mol. The van der Waals surface area contributed by atoms with Crippen molar-refractivity contribution in [3.63, 3.8) is 0 Å². The molecule has 2 rings (SSSR count). The second-order valence-corrected chi connectivity index (χ2v) is 4.36. The molecule has 1 aliphatic carbocycles. The van der Waals surface area contributed by atoms with E-state index in [0.29, 0.717) is 19.2 Å². The van der Waals surface area contributed by atoms with Gasteiger partial charge in [0, 0.05) is 25.7 Å². The molecule has 3 heteroatoms. The summed E-state index contributed by atoms with van der Waals surface area (Å²) >= 11 is 0. The van der Waals surface area contributed by atoms with Crippen LogP contribution in [0, 0.1) is 0 Å². The highest BCUT2D eigenvalue weighted by molar-refractivity contribution is 5.30. The molecule has 1 aromatic carbocycles. The van der Waals surface area contributed by atoms with E-state index in [-0.39, 0.29) is 6.04 Å². The second-order valence-electron chi connectivity index (χ2n) is 4.36. The molecule has 1 saturated carbocycles. The Hall–Kier alpha value is -0.900. The van der Waals surface area contributed by atoms with E-state index < -0.39 is 0 Å². The molecule has 1 fully saturated rings. The lowest BCUT2D eigenvalue weighted by atomic mass is 10.0. The van der Waals surface area contributed by atoms with Gasteiger partial charge in [-0.15, -0.1) is 0 Å². The van der Waals surface area contributed by atoms with Crippen LogP contribution in [0.3, 0.4) is 0 Å². The largest absolute Gasteiger partial charge is 0.380 e. The van der Waals surface area contributed by atoms with Crippen molar-refractivity contribution in [1.82, 2.24) is 5.32 Å². The summed E-state index contributed by atoms with van der Waals surface area (Å²) < 4.78 is 5.22. The number of hydrogen-bond acceptors (Lipinski definition) is 3. The van der Waals surface area contributed by atoms with Crippen LogP contribution in [0.15, 0.2) is 24.3 Å². The van der Waals surface area contributed by atoms with E-state index in [1.807, 2.05) is 6.07 Å². The summed E-state index contributed by atoms with van der Waals surface area (Å²) in [6.45, 7) is 1.29. The van der Waals surface area contributed by atoms with E-state index >= 15 is 0 Å². The van der Waals surface area contributed by atoms with Crippen molar-refractivity contribution in [3.05, 3.63) is 35.4 Å². The SMILES string of the molecule is COCc1ccccc1C(CN)NC1CC1. The van der Waals surface area contributed by atoms with Gasteiger partial charge >= 0.3 is 0 Å². The van der Waals surface area contributed by atoms with Crippen LogP contribution < -0.4 is 11.1 Å². The van der Waals surface area contributed by atoms with Gasteiger partial charge in [-0.1, -0.05) is 24.3 Å². The lowest BCUT2D eigenvalue weighted by Gasteiger charge is -2.20. The molecule has 0 radical (unpaired) electrons. The zero-order chi connectivity index (χ0) is 11.4. The predicted octanol–water partition coefficient (Wildman–Crippen LogP) is 1.58. The molecular formula is C13H20N2O. The van der Waals surface area contributed by atoms with Crippen molar-refractivity contribution in [3.8, 4) is 0 Å². The van der Waals surface area contributed by atoms with Crippen molar-refractivity contribution in [1.29, 1.82) is 0 Å². The zero-order valence-corrected chi connectivity index (χ0v) is 9.78. The molecule has 0 amide bonds. The van der Waals surface area contributed by atoms with Crippen molar-refractivity contribution >= 4 is 0 Å². The summed E-state index contributed by atoms with van der Waals surface area (Å²) in [5, 5.41) is 3.58. The van der Waals surface area contributed by atoms with Crippen LogP contribution in [0.25, 0.3) is 0 Å². The maximum absolute atomic E-state index is 5.84. The van der Waals surface area contributed by atoms with E-state index in [2.05, 4.69) is 23.5 Å². The fourth-order valence-corrected chi connectivity index (χ4v) is 1.98. The van der Waals surface area contributed by atoms with Crippen LogP contribution in [-0.2, 0) is 11.3 Å². The Kier molecular flexibility index (Phi) is 3.93. The highest BCUT2D eigenvalue weighted by Crippen LogP contribution is 2.25. The number of nitrogens with one attached hydrogen (secondary N) is 1. The van der Waals surface area contributed by atoms with E-state index in [1.54, 1.807) is 7.11 Å². The Bertz CT molecular complexity index is 336. The van der Waals surface area contributed by atoms with Crippen LogP contribution in [0.1, 0.15) is 30.0 Å². The van der Waals surface area contributed by atoms with E-state index in [9.17, 15) is 0 Å². The number of ether oxygens (including phenoxy) is 1. The lowest BCUT2D eigenvalue weighted by molar-refractivity contribution is 0.183. The third-order valence-electron chi connectivity index (χ3n) is 2.98. The number of methoxy groups -OCH3 is 1. The standard InChI is InChI=1S/C13H20N2O/c1-16-9-10-4-2-3-5-12(10)13(8-14)15-11-6-7-11/h2-5,11,13,15H,6-9,14H2,1H3. The fraction of sp³-hybridized carbons (Fsp3) is 0.538. The maximum atomic E-state index is 5.84. The van der Waals surface area contributed by atoms with Crippen LogP contribution in [0.5, 0.6) is 0 Å². The van der Waals surface area contributed by atoms with Crippen LogP contribution in [0.4, 0.5) is 0 Å². The van der Waals surface area contributed by atoms with Crippen molar-refractivity contribution in [2.24, 2.45) is 5.73 Å². The molecule has 16 heavy (non-hydrogen) atoms. The molecule has 1 unspecified atom stereocenters. The summed E-state index contributed by atoms with van der Waals surface area (Å²) in [5.41, 5.74) is 8.35. The molecule has 1 atom stereocenters. The van der Waals surface area contributed by atoms with Gasteiger partial charge in [-0.25, -0.2) is 0 Å². The van der Waals surface area contributed by atoms with Gasteiger partial charge in [-0.2, -0.15) is 0 Å². The Labute approximate surface area is 97.0 Å². The van der Waals surface area contributed by atoms with Crippen molar-refractivity contribution in [2.45, 2.75) is 31.5 Å². The first-order valence-corrected chi connectivity index (χ1v) is 5.88. The van der Waals surface area contributed by atoms with Crippen LogP contribution >= 0.6 is 0 Å². The van der Waals surface area contributed by atoms with Gasteiger partial charge in [0.15, 0.2) is 0 Å². The molecule has 0 bridgehead atoms. The molecule has 0 aliphatic heterocycles. The second kappa shape index (κ2) is 5.43. The minimum atomic E-state index is 0.263. The molecule has 1 aliphatic rings. The molecule has 0 saturated heterocycles. The zero-order valence-electron chi connectivity index (χ0n) is 9.78. The minimum absolute atomic E-state index is 0.263. The van der Waals surface area contributed by atoms with Gasteiger partial charge in [-0.05, 0) is 24.0 Å². The van der Waals surface area contributed by atoms with E-state index in [4.69, 9.17) is 10.5 Å². The minimum Gasteiger partial charge on any atom is -0.380 e. The quantitative estimate of drug-likeness (QED) is 0.765. The molecule has 88 valence electrons. The Morgan fingerprint density at radius 2 is 2.19 bits per heavy atom. The molecule has 0 spiro atoms. The van der Waals surface area contributed by atoms with Gasteiger partial charge in [0.1, 0.15) is 0 Å². The highest BCUT2D eigenvalue weighted by atomic mass is 16.5. The third kappa shape index (κ3) is 2.82. The first-order valence-electron chi connectivity index (χ1n) is 5.88. The maximum Gasteiger partial charge on any atom is 0.0716 e. The van der Waals surface area contributed by atoms with Crippen LogP contribution in [0.2, 0.25) is 0 Å². The summed E-state index contributed by atoms with van der Waals surface area (Å²) in [7, 11) is 1.72. The lowest BCUT2D eigenvalue weighted by Crippen LogP contribution is -2.30. The number of benzene rings is 1. The first kappa shape index (κ1) is 11.6. The average Bonchev–Trinajstić information content (AvgIpc) is 3.11. The Morgan fingerprint density at radius 1 is 1.44 bits per heavy atom. The van der Waals surface area contributed by atoms with Crippen molar-refractivity contribution < 1.29 is 4.74 Å². The summed E-state index contributed by atoms with van der Waals surface area (Å²) in [5.74, 6) is 0. The first-order chi connectivity index (χ1) is 7.85. The van der Waals surface area contributed by atoms with Crippen LogP contribution in [-0.4, -0.2) is 19.7 Å². The van der Waals surface area contributed by atoms with Gasteiger partial charge < -0.3 is 15.8 Å². The Morgan fingerprint density at radius 3 is 2.81 bits per heavy atom. The molecule has 0 heterocycles. The number of rotatable bonds is 6. The summed E-state index contributed by atoms with van der Waals surface area (Å²) in [4.78, 5) is 0. The molecular weight excluding hydrogens is 200 g/mol.